The number of ether oxygens (including phenoxy) is 2. The molecule has 1 aliphatic heterocycles. The first-order valence-electron chi connectivity index (χ1n) is 6.48. The van der Waals surface area contributed by atoms with Crippen molar-refractivity contribution in [1.29, 1.82) is 0 Å². The second kappa shape index (κ2) is 4.16. The van der Waals surface area contributed by atoms with Gasteiger partial charge in [0.15, 0.2) is 11.5 Å². The van der Waals surface area contributed by atoms with Gasteiger partial charge in [0.1, 0.15) is 11.2 Å². The minimum atomic E-state index is -0.354. The molecule has 0 amide bonds. The van der Waals surface area contributed by atoms with E-state index >= 15 is 0 Å². The van der Waals surface area contributed by atoms with Crippen molar-refractivity contribution in [2.45, 2.75) is 58.3 Å². The topological polar surface area (TPSA) is 44.5 Å². The van der Waals surface area contributed by atoms with Crippen LogP contribution in [-0.4, -0.2) is 17.2 Å². The molecule has 1 unspecified atom stereocenters. The molecule has 3 heteroatoms. The molecule has 0 aromatic heterocycles. The third kappa shape index (κ3) is 2.32. The first-order chi connectivity index (χ1) is 8.21. The van der Waals surface area contributed by atoms with Gasteiger partial charge < -0.3 is 15.2 Å². The van der Waals surface area contributed by atoms with Gasteiger partial charge in [-0.25, -0.2) is 0 Å². The molecule has 1 aromatic rings. The van der Waals surface area contributed by atoms with Gasteiger partial charge in [-0.1, -0.05) is 6.07 Å². The standard InChI is InChI=1S/C15H23NO2/c1-10(16)8-11-6-7-12-13(9-11)18-15(4,5)14(2,3)17-12/h6-7,9-10H,8,16H2,1-5H3. The van der Waals surface area contributed by atoms with Crippen LogP contribution in [0.4, 0.5) is 0 Å². The van der Waals surface area contributed by atoms with Gasteiger partial charge in [0, 0.05) is 6.04 Å². The summed E-state index contributed by atoms with van der Waals surface area (Å²) in [5, 5.41) is 0. The van der Waals surface area contributed by atoms with Crippen molar-refractivity contribution in [3.05, 3.63) is 23.8 Å². The van der Waals surface area contributed by atoms with Crippen molar-refractivity contribution < 1.29 is 9.47 Å². The molecular formula is C15H23NO2. The van der Waals surface area contributed by atoms with Crippen LogP contribution in [-0.2, 0) is 6.42 Å². The molecule has 1 heterocycles. The first kappa shape index (κ1) is 13.2. The average molecular weight is 249 g/mol. The molecular weight excluding hydrogens is 226 g/mol. The van der Waals surface area contributed by atoms with Gasteiger partial charge in [-0.3, -0.25) is 0 Å². The van der Waals surface area contributed by atoms with Gasteiger partial charge in [-0.05, 0) is 58.7 Å². The van der Waals surface area contributed by atoms with Crippen molar-refractivity contribution >= 4 is 0 Å². The Bertz CT molecular complexity index is 450. The fourth-order valence-electron chi connectivity index (χ4n) is 2.01. The SMILES string of the molecule is CC(N)Cc1ccc2c(c1)OC(C)(C)C(C)(C)O2. The Labute approximate surface area is 109 Å². The van der Waals surface area contributed by atoms with Gasteiger partial charge in [-0.2, -0.15) is 0 Å². The number of fused-ring (bicyclic) bond motifs is 1. The number of hydrogen-bond acceptors (Lipinski definition) is 3. The lowest BCUT2D eigenvalue weighted by atomic mass is 9.87. The quantitative estimate of drug-likeness (QED) is 0.876. The highest BCUT2D eigenvalue weighted by atomic mass is 16.6. The summed E-state index contributed by atoms with van der Waals surface area (Å²) in [7, 11) is 0. The van der Waals surface area contributed by atoms with Gasteiger partial charge in [0.25, 0.3) is 0 Å². The van der Waals surface area contributed by atoms with Gasteiger partial charge in [-0.15, -0.1) is 0 Å². The Kier molecular flexibility index (Phi) is 3.06. The Morgan fingerprint density at radius 1 is 1.06 bits per heavy atom. The molecule has 2 N–H and O–H groups in total. The van der Waals surface area contributed by atoms with E-state index in [1.807, 2.05) is 46.8 Å². The molecule has 1 atom stereocenters. The van der Waals surface area contributed by atoms with E-state index in [0.29, 0.717) is 0 Å². The predicted octanol–water partition coefficient (Wildman–Crippen LogP) is 2.90. The monoisotopic (exact) mass is 249 g/mol. The Hall–Kier alpha value is -1.22. The summed E-state index contributed by atoms with van der Waals surface area (Å²) < 4.78 is 12.1. The van der Waals surface area contributed by atoms with Crippen LogP contribution in [0, 0.1) is 0 Å². The molecule has 0 radical (unpaired) electrons. The van der Waals surface area contributed by atoms with E-state index in [9.17, 15) is 0 Å². The van der Waals surface area contributed by atoms with Crippen molar-refractivity contribution in [2.75, 3.05) is 0 Å². The number of benzene rings is 1. The highest BCUT2D eigenvalue weighted by Gasteiger charge is 2.45. The molecule has 0 saturated carbocycles. The molecule has 1 aliphatic rings. The lowest BCUT2D eigenvalue weighted by molar-refractivity contribution is -0.0991. The fraction of sp³-hybridized carbons (Fsp3) is 0.600. The first-order valence-corrected chi connectivity index (χ1v) is 6.48. The maximum atomic E-state index is 6.09. The van der Waals surface area contributed by atoms with E-state index in [4.69, 9.17) is 15.2 Å². The summed E-state index contributed by atoms with van der Waals surface area (Å²) in [5.41, 5.74) is 6.31. The molecule has 18 heavy (non-hydrogen) atoms. The zero-order chi connectivity index (χ0) is 13.6. The summed E-state index contributed by atoms with van der Waals surface area (Å²) in [5.74, 6) is 1.63. The highest BCUT2D eigenvalue weighted by Crippen LogP contribution is 2.43. The van der Waals surface area contributed by atoms with Gasteiger partial charge in [0.2, 0.25) is 0 Å². The van der Waals surface area contributed by atoms with Crippen LogP contribution in [0.25, 0.3) is 0 Å². The molecule has 1 aromatic carbocycles. The maximum Gasteiger partial charge on any atom is 0.162 e. The zero-order valence-corrected chi connectivity index (χ0v) is 11.9. The Morgan fingerprint density at radius 2 is 1.61 bits per heavy atom. The average Bonchev–Trinajstić information content (AvgIpc) is 2.18. The van der Waals surface area contributed by atoms with Crippen LogP contribution < -0.4 is 15.2 Å². The zero-order valence-electron chi connectivity index (χ0n) is 11.9. The molecule has 0 fully saturated rings. The summed E-state index contributed by atoms with van der Waals surface area (Å²) in [6, 6.07) is 6.22. The predicted molar refractivity (Wildman–Crippen MR) is 73.2 cm³/mol. The summed E-state index contributed by atoms with van der Waals surface area (Å²) in [6.45, 7) is 10.2. The number of hydrogen-bond donors (Lipinski definition) is 1. The van der Waals surface area contributed by atoms with Crippen molar-refractivity contribution in [3.8, 4) is 11.5 Å². The van der Waals surface area contributed by atoms with E-state index < -0.39 is 0 Å². The van der Waals surface area contributed by atoms with Crippen molar-refractivity contribution in [3.63, 3.8) is 0 Å². The van der Waals surface area contributed by atoms with Crippen molar-refractivity contribution in [1.82, 2.24) is 0 Å². The molecule has 0 bridgehead atoms. The van der Waals surface area contributed by atoms with Crippen LogP contribution in [0.3, 0.4) is 0 Å². The third-order valence-corrected chi connectivity index (χ3v) is 3.75. The Balaban J connectivity index is 2.33. The minimum Gasteiger partial charge on any atom is -0.480 e. The second-order valence-electron chi connectivity index (χ2n) is 6.19. The van der Waals surface area contributed by atoms with E-state index in [2.05, 4.69) is 6.07 Å². The summed E-state index contributed by atoms with van der Waals surface area (Å²) in [6.07, 6.45) is 0.848. The largest absolute Gasteiger partial charge is 0.480 e. The third-order valence-electron chi connectivity index (χ3n) is 3.75. The molecule has 0 spiro atoms. The lowest BCUT2D eigenvalue weighted by Gasteiger charge is -2.45. The Morgan fingerprint density at radius 3 is 2.17 bits per heavy atom. The second-order valence-corrected chi connectivity index (χ2v) is 6.19. The summed E-state index contributed by atoms with van der Waals surface area (Å²) in [4.78, 5) is 0. The smallest absolute Gasteiger partial charge is 0.162 e. The lowest BCUT2D eigenvalue weighted by Crippen LogP contribution is -2.56. The van der Waals surface area contributed by atoms with E-state index in [1.165, 1.54) is 5.56 Å². The number of nitrogens with two attached hydrogens (primary N) is 1. The molecule has 0 aliphatic carbocycles. The van der Waals surface area contributed by atoms with Gasteiger partial charge >= 0.3 is 0 Å². The van der Waals surface area contributed by atoms with Crippen LogP contribution in [0.1, 0.15) is 40.2 Å². The van der Waals surface area contributed by atoms with Crippen LogP contribution in [0.15, 0.2) is 18.2 Å². The molecule has 100 valence electrons. The van der Waals surface area contributed by atoms with Crippen LogP contribution in [0.2, 0.25) is 0 Å². The minimum absolute atomic E-state index is 0.150. The van der Waals surface area contributed by atoms with Crippen LogP contribution in [0.5, 0.6) is 11.5 Å². The molecule has 3 nitrogen and oxygen atoms in total. The van der Waals surface area contributed by atoms with E-state index in [0.717, 1.165) is 17.9 Å². The van der Waals surface area contributed by atoms with Crippen LogP contribution >= 0.6 is 0 Å². The maximum absolute atomic E-state index is 6.09. The highest BCUT2D eigenvalue weighted by molar-refractivity contribution is 5.45. The molecule has 2 rings (SSSR count). The normalized spacial score (nSPS) is 21.4. The van der Waals surface area contributed by atoms with E-state index in [1.54, 1.807) is 0 Å². The van der Waals surface area contributed by atoms with Crippen molar-refractivity contribution in [2.24, 2.45) is 5.73 Å². The molecule has 0 saturated heterocycles. The fourth-order valence-corrected chi connectivity index (χ4v) is 2.01. The number of rotatable bonds is 2. The summed E-state index contributed by atoms with van der Waals surface area (Å²) >= 11 is 0. The van der Waals surface area contributed by atoms with Gasteiger partial charge in [0.05, 0.1) is 0 Å². The van der Waals surface area contributed by atoms with E-state index in [-0.39, 0.29) is 17.2 Å².